The molecule has 2 N–H and O–H groups in total. The molecule has 30 heavy (non-hydrogen) atoms. The molecular formula is C19H22N4O7. The Morgan fingerprint density at radius 3 is 2.47 bits per heavy atom. The molecule has 2 aromatic rings. The molecule has 2 rings (SSSR count). The quantitative estimate of drug-likeness (QED) is 0.302. The lowest BCUT2D eigenvalue weighted by Gasteiger charge is -2.16. The Balaban J connectivity index is 2.34. The van der Waals surface area contributed by atoms with Crippen molar-refractivity contribution in [3.63, 3.8) is 0 Å². The van der Waals surface area contributed by atoms with Crippen molar-refractivity contribution in [3.05, 3.63) is 65.8 Å². The predicted octanol–water partition coefficient (Wildman–Crippen LogP) is 1.04. The first-order chi connectivity index (χ1) is 14.0. The van der Waals surface area contributed by atoms with Crippen molar-refractivity contribution in [1.82, 2.24) is 9.13 Å². The number of nitro benzene ring substituents is 1. The molecule has 0 unspecified atom stereocenters. The maximum Gasteiger partial charge on any atom is 0.339 e. The van der Waals surface area contributed by atoms with Gasteiger partial charge in [0.1, 0.15) is 11.4 Å². The van der Waals surface area contributed by atoms with Gasteiger partial charge in [-0.15, -0.1) is 0 Å². The van der Waals surface area contributed by atoms with Crippen LogP contribution in [0.25, 0.3) is 0 Å². The van der Waals surface area contributed by atoms with E-state index >= 15 is 0 Å². The summed E-state index contributed by atoms with van der Waals surface area (Å²) < 4.78 is 6.84. The fourth-order valence-corrected chi connectivity index (χ4v) is 2.91. The Labute approximate surface area is 170 Å². The highest BCUT2D eigenvalue weighted by Crippen LogP contribution is 2.21. The maximum atomic E-state index is 12.6. The molecule has 0 amide bonds. The van der Waals surface area contributed by atoms with Gasteiger partial charge in [-0.1, -0.05) is 19.9 Å². The van der Waals surface area contributed by atoms with Crippen molar-refractivity contribution in [3.8, 4) is 0 Å². The van der Waals surface area contributed by atoms with Crippen LogP contribution in [0.15, 0.2) is 27.8 Å². The van der Waals surface area contributed by atoms with Gasteiger partial charge in [0.2, 0.25) is 5.78 Å². The first-order valence-electron chi connectivity index (χ1n) is 9.01. The van der Waals surface area contributed by atoms with E-state index in [2.05, 4.69) is 0 Å². The van der Waals surface area contributed by atoms with E-state index in [4.69, 9.17) is 10.5 Å². The number of esters is 1. The molecule has 0 atom stereocenters. The monoisotopic (exact) mass is 418 g/mol. The van der Waals surface area contributed by atoms with Gasteiger partial charge in [0, 0.05) is 25.2 Å². The molecule has 1 aromatic carbocycles. The Morgan fingerprint density at radius 2 is 1.90 bits per heavy atom. The van der Waals surface area contributed by atoms with Crippen LogP contribution in [-0.4, -0.2) is 32.4 Å². The second kappa shape index (κ2) is 8.72. The molecule has 1 aromatic heterocycles. The number of nitrogen functional groups attached to an aromatic ring is 1. The number of carbonyl (C=O) groups is 2. The lowest BCUT2D eigenvalue weighted by Crippen LogP contribution is -2.43. The van der Waals surface area contributed by atoms with Crippen LogP contribution in [0.4, 0.5) is 11.5 Å². The minimum atomic E-state index is -0.963. The Morgan fingerprint density at radius 1 is 1.27 bits per heavy atom. The molecule has 0 saturated heterocycles. The van der Waals surface area contributed by atoms with E-state index in [9.17, 15) is 29.3 Å². The number of Topliss-reactive ketones (excluding diaryl/α,β-unsaturated/α-hetero) is 1. The van der Waals surface area contributed by atoms with Gasteiger partial charge in [0.15, 0.2) is 6.61 Å². The standard InChI is InChI=1S/C19H22N4O7/c1-10(2)8-22-16(20)15(17(25)21(4)19(22)27)14(24)9-30-18(26)12-6-5-7-13(11(12)3)23(28)29/h5-7,10H,8-9,20H2,1-4H3. The van der Waals surface area contributed by atoms with Crippen molar-refractivity contribution in [2.75, 3.05) is 12.3 Å². The summed E-state index contributed by atoms with van der Waals surface area (Å²) in [7, 11) is 1.22. The summed E-state index contributed by atoms with van der Waals surface area (Å²) in [5.74, 6) is -2.14. The van der Waals surface area contributed by atoms with Gasteiger partial charge < -0.3 is 10.5 Å². The van der Waals surface area contributed by atoms with Gasteiger partial charge in [-0.3, -0.25) is 28.8 Å². The van der Waals surface area contributed by atoms with E-state index in [1.165, 1.54) is 32.2 Å². The molecule has 0 aliphatic heterocycles. The van der Waals surface area contributed by atoms with Crippen LogP contribution in [0.1, 0.15) is 40.1 Å². The highest BCUT2D eigenvalue weighted by atomic mass is 16.6. The zero-order chi connectivity index (χ0) is 22.7. The van der Waals surface area contributed by atoms with Gasteiger partial charge in [-0.2, -0.15) is 0 Å². The topological polar surface area (TPSA) is 157 Å². The molecule has 160 valence electrons. The number of benzene rings is 1. The molecule has 0 bridgehead atoms. The predicted molar refractivity (Wildman–Crippen MR) is 108 cm³/mol. The number of aromatic nitrogens is 2. The third kappa shape index (κ3) is 4.29. The van der Waals surface area contributed by atoms with Gasteiger partial charge in [0.25, 0.3) is 11.2 Å². The fraction of sp³-hybridized carbons (Fsp3) is 0.368. The number of nitrogens with zero attached hydrogens (tertiary/aromatic N) is 3. The van der Waals surface area contributed by atoms with Gasteiger partial charge in [0.05, 0.1) is 10.5 Å². The first-order valence-corrected chi connectivity index (χ1v) is 9.01. The van der Waals surface area contributed by atoms with Crippen LogP contribution in [0.5, 0.6) is 0 Å². The van der Waals surface area contributed by atoms with Crippen molar-refractivity contribution in [2.45, 2.75) is 27.3 Å². The largest absolute Gasteiger partial charge is 0.454 e. The van der Waals surface area contributed by atoms with E-state index in [1.807, 2.05) is 13.8 Å². The van der Waals surface area contributed by atoms with E-state index in [1.54, 1.807) is 0 Å². The first kappa shape index (κ1) is 22.5. The molecule has 0 aliphatic carbocycles. The van der Waals surface area contributed by atoms with E-state index in [0.717, 1.165) is 9.13 Å². The van der Waals surface area contributed by atoms with E-state index in [0.29, 0.717) is 0 Å². The number of hydrogen-bond acceptors (Lipinski definition) is 8. The number of nitrogens with two attached hydrogens (primary N) is 1. The Bertz CT molecular complexity index is 1140. The van der Waals surface area contributed by atoms with Crippen molar-refractivity contribution >= 4 is 23.3 Å². The van der Waals surface area contributed by atoms with Crippen LogP contribution in [0.3, 0.4) is 0 Å². The normalized spacial score (nSPS) is 10.8. The van der Waals surface area contributed by atoms with Crippen LogP contribution >= 0.6 is 0 Å². The molecule has 0 radical (unpaired) electrons. The number of carbonyl (C=O) groups excluding carboxylic acids is 2. The van der Waals surface area contributed by atoms with E-state index < -0.39 is 40.1 Å². The molecular weight excluding hydrogens is 396 g/mol. The summed E-state index contributed by atoms with van der Waals surface area (Å²) in [5.41, 5.74) is 3.63. The number of rotatable bonds is 7. The van der Waals surface area contributed by atoms with Gasteiger partial charge in [-0.05, 0) is 18.9 Å². The average molecular weight is 418 g/mol. The molecule has 0 fully saturated rings. The third-order valence-electron chi connectivity index (χ3n) is 4.47. The average Bonchev–Trinajstić information content (AvgIpc) is 2.67. The molecule has 0 spiro atoms. The highest BCUT2D eigenvalue weighted by Gasteiger charge is 2.24. The zero-order valence-electron chi connectivity index (χ0n) is 17.0. The third-order valence-corrected chi connectivity index (χ3v) is 4.47. The summed E-state index contributed by atoms with van der Waals surface area (Å²) in [6.45, 7) is 4.42. The van der Waals surface area contributed by atoms with Crippen LogP contribution in [0, 0.1) is 23.0 Å². The molecule has 1 heterocycles. The zero-order valence-corrected chi connectivity index (χ0v) is 17.0. The Hall–Kier alpha value is -3.76. The van der Waals surface area contributed by atoms with Crippen molar-refractivity contribution in [1.29, 1.82) is 0 Å². The minimum absolute atomic E-state index is 0.0140. The second-order valence-electron chi connectivity index (χ2n) is 7.12. The van der Waals surface area contributed by atoms with Crippen molar-refractivity contribution < 1.29 is 19.2 Å². The van der Waals surface area contributed by atoms with Crippen LogP contribution in [0.2, 0.25) is 0 Å². The summed E-state index contributed by atoms with van der Waals surface area (Å²) in [4.78, 5) is 60.0. The smallest absolute Gasteiger partial charge is 0.339 e. The van der Waals surface area contributed by atoms with Gasteiger partial charge in [-0.25, -0.2) is 9.59 Å². The number of ketones is 1. The molecule has 11 heteroatoms. The molecule has 11 nitrogen and oxygen atoms in total. The summed E-state index contributed by atoms with van der Waals surface area (Å²) in [6, 6.07) is 3.88. The fourth-order valence-electron chi connectivity index (χ4n) is 2.91. The Kier molecular flexibility index (Phi) is 6.55. The lowest BCUT2D eigenvalue weighted by atomic mass is 10.1. The van der Waals surface area contributed by atoms with Crippen molar-refractivity contribution in [2.24, 2.45) is 13.0 Å². The summed E-state index contributed by atoms with van der Waals surface area (Å²) >= 11 is 0. The number of anilines is 1. The minimum Gasteiger partial charge on any atom is -0.454 e. The molecule has 0 aliphatic rings. The number of ether oxygens (including phenoxy) is 1. The van der Waals surface area contributed by atoms with Gasteiger partial charge >= 0.3 is 11.7 Å². The second-order valence-corrected chi connectivity index (χ2v) is 7.12. The summed E-state index contributed by atoms with van der Waals surface area (Å²) in [6.07, 6.45) is 0. The summed E-state index contributed by atoms with van der Waals surface area (Å²) in [5, 5.41) is 11.0. The molecule has 0 saturated carbocycles. The van der Waals surface area contributed by atoms with Crippen LogP contribution in [-0.2, 0) is 18.3 Å². The highest BCUT2D eigenvalue weighted by molar-refractivity contribution is 6.02. The SMILES string of the molecule is Cc1c(C(=O)OCC(=O)c2c(N)n(CC(C)C)c(=O)n(C)c2=O)cccc1[N+](=O)[O-]. The lowest BCUT2D eigenvalue weighted by molar-refractivity contribution is -0.385. The maximum absolute atomic E-state index is 12.6. The van der Waals surface area contributed by atoms with Crippen LogP contribution < -0.4 is 17.0 Å². The van der Waals surface area contributed by atoms with E-state index in [-0.39, 0.29) is 35.1 Å². The number of nitro groups is 1. The number of hydrogen-bond donors (Lipinski definition) is 1.